The molecule has 0 atom stereocenters. The fraction of sp³-hybridized carbons (Fsp3) is 0.778. The van der Waals surface area contributed by atoms with Crippen molar-refractivity contribution in [2.75, 3.05) is 52.4 Å². The molecule has 6 heteroatoms. The molecule has 0 aromatic heterocycles. The van der Waals surface area contributed by atoms with Crippen LogP contribution in [0, 0.1) is 0 Å². The van der Waals surface area contributed by atoms with Crippen LogP contribution >= 0.6 is 0 Å². The van der Waals surface area contributed by atoms with Gasteiger partial charge in [-0.3, -0.25) is 9.59 Å². The predicted molar refractivity (Wildman–Crippen MR) is 181 cm³/mol. The Bertz CT molecular complexity index is 694. The van der Waals surface area contributed by atoms with Crippen LogP contribution in [0.25, 0.3) is 0 Å². The van der Waals surface area contributed by atoms with Crippen LogP contribution < -0.4 is 10.6 Å². The SMILES string of the molecule is CCCCCCN(CCCCCC)CCNC(=O)c1ccc(C(=O)NCCN(CCCCCC)CCCCCC)cc1. The van der Waals surface area contributed by atoms with E-state index < -0.39 is 0 Å². The molecule has 0 heterocycles. The first-order valence-corrected chi connectivity index (χ1v) is 17.7. The number of carbonyl (C=O) groups excluding carboxylic acids is 2. The zero-order chi connectivity index (χ0) is 30.7. The van der Waals surface area contributed by atoms with E-state index in [-0.39, 0.29) is 11.8 Å². The third-order valence-electron chi connectivity index (χ3n) is 8.15. The van der Waals surface area contributed by atoms with Crippen molar-refractivity contribution in [2.45, 2.75) is 130 Å². The van der Waals surface area contributed by atoms with Gasteiger partial charge in [-0.2, -0.15) is 0 Å². The fourth-order valence-electron chi connectivity index (χ4n) is 5.35. The van der Waals surface area contributed by atoms with Gasteiger partial charge >= 0.3 is 0 Å². The largest absolute Gasteiger partial charge is 0.351 e. The van der Waals surface area contributed by atoms with E-state index in [4.69, 9.17) is 0 Å². The van der Waals surface area contributed by atoms with E-state index in [0.717, 1.165) is 39.3 Å². The van der Waals surface area contributed by atoms with Gasteiger partial charge in [-0.25, -0.2) is 0 Å². The van der Waals surface area contributed by atoms with E-state index >= 15 is 0 Å². The Hall–Kier alpha value is -1.92. The van der Waals surface area contributed by atoms with Gasteiger partial charge in [0, 0.05) is 37.3 Å². The fourth-order valence-corrected chi connectivity index (χ4v) is 5.35. The summed E-state index contributed by atoms with van der Waals surface area (Å²) in [6.07, 6.45) is 20.3. The second-order valence-electron chi connectivity index (χ2n) is 12.0. The first kappa shape index (κ1) is 38.1. The molecule has 2 N–H and O–H groups in total. The lowest BCUT2D eigenvalue weighted by Gasteiger charge is -2.22. The summed E-state index contributed by atoms with van der Waals surface area (Å²) >= 11 is 0. The predicted octanol–water partition coefficient (Wildman–Crippen LogP) is 8.07. The van der Waals surface area contributed by atoms with Crippen molar-refractivity contribution in [3.8, 4) is 0 Å². The topological polar surface area (TPSA) is 64.7 Å². The number of hydrogen-bond acceptors (Lipinski definition) is 4. The maximum Gasteiger partial charge on any atom is 0.251 e. The molecule has 6 nitrogen and oxygen atoms in total. The lowest BCUT2D eigenvalue weighted by atomic mass is 10.1. The highest BCUT2D eigenvalue weighted by molar-refractivity contribution is 5.97. The molecule has 0 aliphatic rings. The van der Waals surface area contributed by atoms with Gasteiger partial charge in [0.1, 0.15) is 0 Å². The van der Waals surface area contributed by atoms with Crippen molar-refractivity contribution in [1.29, 1.82) is 0 Å². The summed E-state index contributed by atoms with van der Waals surface area (Å²) < 4.78 is 0. The van der Waals surface area contributed by atoms with E-state index in [1.54, 1.807) is 24.3 Å². The summed E-state index contributed by atoms with van der Waals surface area (Å²) in [7, 11) is 0. The molecule has 1 aromatic rings. The molecular formula is C36H66N4O2. The third-order valence-corrected chi connectivity index (χ3v) is 8.15. The van der Waals surface area contributed by atoms with Crippen molar-refractivity contribution < 1.29 is 9.59 Å². The van der Waals surface area contributed by atoms with Crippen molar-refractivity contribution in [2.24, 2.45) is 0 Å². The highest BCUT2D eigenvalue weighted by Crippen LogP contribution is 2.08. The lowest BCUT2D eigenvalue weighted by Crippen LogP contribution is -2.36. The molecule has 242 valence electrons. The molecule has 0 fully saturated rings. The highest BCUT2D eigenvalue weighted by Gasteiger charge is 2.11. The van der Waals surface area contributed by atoms with E-state index in [1.807, 2.05) is 0 Å². The molecule has 0 unspecified atom stereocenters. The summed E-state index contributed by atoms with van der Waals surface area (Å²) in [5, 5.41) is 6.18. The van der Waals surface area contributed by atoms with Crippen molar-refractivity contribution in [1.82, 2.24) is 20.4 Å². The molecule has 42 heavy (non-hydrogen) atoms. The monoisotopic (exact) mass is 587 g/mol. The molecule has 0 spiro atoms. The number of rotatable bonds is 28. The number of unbranched alkanes of at least 4 members (excludes halogenated alkanes) is 12. The molecule has 0 aliphatic heterocycles. The number of nitrogens with one attached hydrogen (secondary N) is 2. The number of hydrogen-bond donors (Lipinski definition) is 2. The Morgan fingerprint density at radius 2 is 0.738 bits per heavy atom. The van der Waals surface area contributed by atoms with E-state index in [1.165, 1.54) is 103 Å². The van der Waals surface area contributed by atoms with Crippen LogP contribution in [0.1, 0.15) is 151 Å². The summed E-state index contributed by atoms with van der Waals surface area (Å²) in [5.74, 6) is -0.138. The quantitative estimate of drug-likeness (QED) is 0.0975. The minimum atomic E-state index is -0.0688. The van der Waals surface area contributed by atoms with Crippen LogP contribution in [-0.2, 0) is 0 Å². The first-order chi connectivity index (χ1) is 20.5. The minimum Gasteiger partial charge on any atom is -0.351 e. The molecule has 1 rings (SSSR count). The van der Waals surface area contributed by atoms with Gasteiger partial charge in [-0.1, -0.05) is 105 Å². The van der Waals surface area contributed by atoms with Crippen molar-refractivity contribution >= 4 is 11.8 Å². The van der Waals surface area contributed by atoms with Gasteiger partial charge in [0.15, 0.2) is 0 Å². The normalized spacial score (nSPS) is 11.4. The minimum absolute atomic E-state index is 0.0688. The molecule has 0 aliphatic carbocycles. The molecule has 0 saturated heterocycles. The van der Waals surface area contributed by atoms with Crippen LogP contribution in [0.2, 0.25) is 0 Å². The maximum absolute atomic E-state index is 12.8. The zero-order valence-corrected chi connectivity index (χ0v) is 28.0. The van der Waals surface area contributed by atoms with Gasteiger partial charge in [0.05, 0.1) is 0 Å². The Kier molecular flexibility index (Phi) is 24.2. The Morgan fingerprint density at radius 3 is 1.00 bits per heavy atom. The van der Waals surface area contributed by atoms with Crippen LogP contribution in [0.5, 0.6) is 0 Å². The molecule has 0 radical (unpaired) electrons. The standard InChI is InChI=1S/C36H66N4O2/c1-5-9-13-17-27-39(28-18-14-10-6-2)31-25-37-35(41)33-21-23-34(24-22-33)36(42)38-26-32-40(29-19-15-11-7-3)30-20-16-12-8-4/h21-24H,5-20,25-32H2,1-4H3,(H,37,41)(H,38,42). The highest BCUT2D eigenvalue weighted by atomic mass is 16.2. The zero-order valence-electron chi connectivity index (χ0n) is 28.0. The average Bonchev–Trinajstić information content (AvgIpc) is 3.00. The maximum atomic E-state index is 12.8. The molecule has 1 aromatic carbocycles. The molecule has 2 amide bonds. The number of benzene rings is 1. The van der Waals surface area contributed by atoms with E-state index in [9.17, 15) is 9.59 Å². The third kappa shape index (κ3) is 19.3. The Balaban J connectivity index is 2.47. The number of amides is 2. The molecular weight excluding hydrogens is 520 g/mol. The van der Waals surface area contributed by atoms with Gasteiger partial charge in [0.2, 0.25) is 0 Å². The van der Waals surface area contributed by atoms with Crippen molar-refractivity contribution in [3.63, 3.8) is 0 Å². The van der Waals surface area contributed by atoms with Crippen LogP contribution in [0.3, 0.4) is 0 Å². The van der Waals surface area contributed by atoms with Gasteiger partial charge < -0.3 is 20.4 Å². The molecule has 0 saturated carbocycles. The Morgan fingerprint density at radius 1 is 0.452 bits per heavy atom. The van der Waals surface area contributed by atoms with Gasteiger partial charge in [-0.15, -0.1) is 0 Å². The average molecular weight is 587 g/mol. The summed E-state index contributed by atoms with van der Waals surface area (Å²) in [5.41, 5.74) is 1.21. The smallest absolute Gasteiger partial charge is 0.251 e. The number of carbonyl (C=O) groups is 2. The van der Waals surface area contributed by atoms with Gasteiger partial charge in [-0.05, 0) is 76.1 Å². The van der Waals surface area contributed by atoms with Crippen molar-refractivity contribution in [3.05, 3.63) is 35.4 Å². The first-order valence-electron chi connectivity index (χ1n) is 17.7. The second-order valence-corrected chi connectivity index (χ2v) is 12.0. The number of nitrogens with zero attached hydrogens (tertiary/aromatic N) is 2. The van der Waals surface area contributed by atoms with Crippen LogP contribution in [-0.4, -0.2) is 74.0 Å². The Labute approximate surface area is 259 Å². The second kappa shape index (κ2) is 26.7. The summed E-state index contributed by atoms with van der Waals surface area (Å²) in [6.45, 7) is 16.5. The van der Waals surface area contributed by atoms with E-state index in [0.29, 0.717) is 24.2 Å². The van der Waals surface area contributed by atoms with Crippen LogP contribution in [0.15, 0.2) is 24.3 Å². The van der Waals surface area contributed by atoms with Gasteiger partial charge in [0.25, 0.3) is 11.8 Å². The summed E-state index contributed by atoms with van der Waals surface area (Å²) in [6, 6.07) is 7.08. The van der Waals surface area contributed by atoms with E-state index in [2.05, 4.69) is 48.1 Å². The summed E-state index contributed by atoms with van der Waals surface area (Å²) in [4.78, 5) is 30.6. The lowest BCUT2D eigenvalue weighted by molar-refractivity contribution is 0.0936. The molecule has 0 bridgehead atoms. The van der Waals surface area contributed by atoms with Crippen LogP contribution in [0.4, 0.5) is 0 Å².